The summed E-state index contributed by atoms with van der Waals surface area (Å²) >= 11 is 3.43. The number of aryl methyl sites for hydroxylation is 1. The monoisotopic (exact) mass is 457 g/mol. The van der Waals surface area contributed by atoms with E-state index in [0.717, 1.165) is 34.2 Å². The molecule has 6 nitrogen and oxygen atoms in total. The van der Waals surface area contributed by atoms with Crippen LogP contribution in [0, 0.1) is 0 Å². The van der Waals surface area contributed by atoms with E-state index in [1.54, 1.807) is 10.8 Å². The lowest BCUT2D eigenvalue weighted by atomic mass is 10.0. The minimum Gasteiger partial charge on any atom is -0.489 e. The van der Waals surface area contributed by atoms with Crippen LogP contribution in [0.5, 0.6) is 5.75 Å². The van der Waals surface area contributed by atoms with Gasteiger partial charge in [0.1, 0.15) is 18.1 Å². The van der Waals surface area contributed by atoms with Crippen molar-refractivity contribution in [1.29, 1.82) is 0 Å². The Morgan fingerprint density at radius 2 is 1.97 bits per heavy atom. The smallest absolute Gasteiger partial charge is 0.268 e. The fourth-order valence-corrected chi connectivity index (χ4v) is 3.31. The number of hydrogen-bond donors (Lipinski definition) is 2. The first-order valence-electron chi connectivity index (χ1n) is 9.46. The molecule has 0 radical (unpaired) electrons. The number of rotatable bonds is 10. The molecule has 2 aromatic carbocycles. The van der Waals surface area contributed by atoms with E-state index in [1.807, 2.05) is 42.5 Å². The number of nitrogens with two attached hydrogens (primary N) is 1. The Labute approximate surface area is 178 Å². The first-order valence-corrected chi connectivity index (χ1v) is 10.3. The van der Waals surface area contributed by atoms with Crippen LogP contribution in [-0.2, 0) is 19.6 Å². The van der Waals surface area contributed by atoms with Crippen LogP contribution >= 0.6 is 15.9 Å². The summed E-state index contributed by atoms with van der Waals surface area (Å²) < 4.78 is 8.73. The standard InChI is InChI=1S/C22H24BrN3O3/c23-18-10-8-16(9-11-18)14-29-21-7-2-1-4-17(21)5-3-6-19(27)12-26-13-20(22(24)28)25-15-26/h1-2,4,7-11,13,15,19,27H,3,5-6,12,14H2,(H2,24,28)/t19-/m0/s1. The number of aromatic nitrogens is 2. The van der Waals surface area contributed by atoms with Crippen LogP contribution in [0.4, 0.5) is 0 Å². The van der Waals surface area contributed by atoms with Crippen molar-refractivity contribution < 1.29 is 14.6 Å². The van der Waals surface area contributed by atoms with Crippen molar-refractivity contribution in [2.45, 2.75) is 38.5 Å². The number of benzene rings is 2. The average Bonchev–Trinajstić information content (AvgIpc) is 3.17. The van der Waals surface area contributed by atoms with Gasteiger partial charge in [-0.25, -0.2) is 4.98 Å². The predicted molar refractivity (Wildman–Crippen MR) is 115 cm³/mol. The number of aliphatic hydroxyl groups is 1. The van der Waals surface area contributed by atoms with Crippen molar-refractivity contribution in [2.24, 2.45) is 5.73 Å². The van der Waals surface area contributed by atoms with Crippen LogP contribution in [-0.4, -0.2) is 26.7 Å². The number of aliphatic hydroxyl groups excluding tert-OH is 1. The van der Waals surface area contributed by atoms with E-state index in [1.165, 1.54) is 6.33 Å². The molecule has 29 heavy (non-hydrogen) atoms. The number of primary amides is 1. The second-order valence-corrected chi connectivity index (χ2v) is 7.80. The molecule has 7 heteroatoms. The van der Waals surface area contributed by atoms with Gasteiger partial charge in [0.05, 0.1) is 12.4 Å². The van der Waals surface area contributed by atoms with Crippen molar-refractivity contribution in [3.05, 3.63) is 82.3 Å². The molecule has 1 atom stereocenters. The van der Waals surface area contributed by atoms with Crippen LogP contribution in [0.2, 0.25) is 0 Å². The van der Waals surface area contributed by atoms with E-state index in [2.05, 4.69) is 27.0 Å². The lowest BCUT2D eigenvalue weighted by molar-refractivity contribution is 0.0995. The molecule has 0 aliphatic carbocycles. The van der Waals surface area contributed by atoms with Crippen molar-refractivity contribution in [3.63, 3.8) is 0 Å². The molecule has 0 saturated heterocycles. The van der Waals surface area contributed by atoms with Crippen LogP contribution in [0.3, 0.4) is 0 Å². The number of amides is 1. The number of imidazole rings is 1. The van der Waals surface area contributed by atoms with Gasteiger partial charge in [0.25, 0.3) is 5.91 Å². The Hall–Kier alpha value is -2.64. The Morgan fingerprint density at radius 1 is 1.21 bits per heavy atom. The highest BCUT2D eigenvalue weighted by Gasteiger charge is 2.10. The SMILES string of the molecule is NC(=O)c1cn(C[C@@H](O)CCCc2ccccc2OCc2ccc(Br)cc2)cn1. The quantitative estimate of drug-likeness (QED) is 0.485. The van der Waals surface area contributed by atoms with E-state index in [-0.39, 0.29) is 5.69 Å². The fraction of sp³-hybridized carbons (Fsp3) is 0.273. The molecule has 0 saturated carbocycles. The zero-order valence-electron chi connectivity index (χ0n) is 16.0. The van der Waals surface area contributed by atoms with Gasteiger partial charge in [-0.3, -0.25) is 4.79 Å². The summed E-state index contributed by atoms with van der Waals surface area (Å²) in [6.07, 6.45) is 4.79. The fourth-order valence-electron chi connectivity index (χ4n) is 3.04. The lowest BCUT2D eigenvalue weighted by Crippen LogP contribution is -2.15. The molecule has 0 spiro atoms. The van der Waals surface area contributed by atoms with Gasteiger partial charge < -0.3 is 20.1 Å². The van der Waals surface area contributed by atoms with Crippen LogP contribution < -0.4 is 10.5 Å². The summed E-state index contributed by atoms with van der Waals surface area (Å²) in [4.78, 5) is 15.0. The third-order valence-corrected chi connectivity index (χ3v) is 5.10. The highest BCUT2D eigenvalue weighted by molar-refractivity contribution is 9.10. The van der Waals surface area contributed by atoms with Crippen molar-refractivity contribution in [3.8, 4) is 5.75 Å². The van der Waals surface area contributed by atoms with E-state index in [4.69, 9.17) is 10.5 Å². The zero-order valence-corrected chi connectivity index (χ0v) is 17.6. The first kappa shape index (κ1) is 21.1. The number of hydrogen-bond acceptors (Lipinski definition) is 4. The molecule has 1 aromatic heterocycles. The summed E-state index contributed by atoms with van der Waals surface area (Å²) in [6.45, 7) is 0.887. The highest BCUT2D eigenvalue weighted by atomic mass is 79.9. The van der Waals surface area contributed by atoms with Gasteiger partial charge in [0, 0.05) is 17.2 Å². The Bertz CT molecular complexity index is 940. The maximum absolute atomic E-state index is 11.1. The Morgan fingerprint density at radius 3 is 2.69 bits per heavy atom. The molecule has 3 rings (SSSR count). The predicted octanol–water partition coefficient (Wildman–Crippen LogP) is 3.71. The Balaban J connectivity index is 1.48. The van der Waals surface area contributed by atoms with Crippen LogP contribution in [0.1, 0.15) is 34.5 Å². The molecule has 1 heterocycles. The van der Waals surface area contributed by atoms with Crippen molar-refractivity contribution >= 4 is 21.8 Å². The highest BCUT2D eigenvalue weighted by Crippen LogP contribution is 2.22. The number of nitrogens with zero attached hydrogens (tertiary/aromatic N) is 2. The van der Waals surface area contributed by atoms with E-state index in [9.17, 15) is 9.90 Å². The zero-order chi connectivity index (χ0) is 20.6. The molecule has 152 valence electrons. The van der Waals surface area contributed by atoms with Gasteiger partial charge >= 0.3 is 0 Å². The van der Waals surface area contributed by atoms with Crippen molar-refractivity contribution in [1.82, 2.24) is 9.55 Å². The molecule has 0 aliphatic heterocycles. The Kier molecular flexibility index (Phi) is 7.43. The summed E-state index contributed by atoms with van der Waals surface area (Å²) in [7, 11) is 0. The average molecular weight is 458 g/mol. The van der Waals surface area contributed by atoms with Gasteiger partial charge in [0.2, 0.25) is 0 Å². The summed E-state index contributed by atoms with van der Waals surface area (Å²) in [5.74, 6) is 0.295. The minimum atomic E-state index is -0.571. The number of ether oxygens (including phenoxy) is 1. The van der Waals surface area contributed by atoms with Crippen LogP contribution in [0.25, 0.3) is 0 Å². The summed E-state index contributed by atoms with van der Waals surface area (Å²) in [6, 6.07) is 16.0. The molecule has 0 bridgehead atoms. The molecular formula is C22H24BrN3O3. The summed E-state index contributed by atoms with van der Waals surface area (Å²) in [5, 5.41) is 10.3. The van der Waals surface area contributed by atoms with Gasteiger partial charge in [-0.1, -0.05) is 46.3 Å². The third kappa shape index (κ3) is 6.44. The third-order valence-electron chi connectivity index (χ3n) is 4.57. The second kappa shape index (κ2) is 10.2. The number of para-hydroxylation sites is 1. The molecular weight excluding hydrogens is 434 g/mol. The van der Waals surface area contributed by atoms with Crippen LogP contribution in [0.15, 0.2) is 65.5 Å². The largest absolute Gasteiger partial charge is 0.489 e. The van der Waals surface area contributed by atoms with Crippen molar-refractivity contribution in [2.75, 3.05) is 0 Å². The topological polar surface area (TPSA) is 90.4 Å². The maximum atomic E-state index is 11.1. The number of carbonyl (C=O) groups is 1. The van der Waals surface area contributed by atoms with E-state index < -0.39 is 12.0 Å². The normalized spacial score (nSPS) is 11.9. The molecule has 0 aliphatic rings. The van der Waals surface area contributed by atoms with E-state index in [0.29, 0.717) is 19.6 Å². The minimum absolute atomic E-state index is 0.203. The molecule has 3 N–H and O–H groups in total. The summed E-state index contributed by atoms with van der Waals surface area (Å²) in [5.41, 5.74) is 7.62. The van der Waals surface area contributed by atoms with Gasteiger partial charge in [0.15, 0.2) is 0 Å². The molecule has 1 amide bonds. The number of carbonyl (C=O) groups excluding carboxylic acids is 1. The lowest BCUT2D eigenvalue weighted by Gasteiger charge is -2.14. The first-order chi connectivity index (χ1) is 14.0. The second-order valence-electron chi connectivity index (χ2n) is 6.89. The molecule has 0 unspecified atom stereocenters. The number of halogens is 1. The van der Waals surface area contributed by atoms with E-state index >= 15 is 0 Å². The van der Waals surface area contributed by atoms with Gasteiger partial charge in [-0.2, -0.15) is 0 Å². The van der Waals surface area contributed by atoms with Gasteiger partial charge in [-0.05, 0) is 48.6 Å². The molecule has 0 fully saturated rings. The molecule has 3 aromatic rings. The maximum Gasteiger partial charge on any atom is 0.268 e. The van der Waals surface area contributed by atoms with Gasteiger partial charge in [-0.15, -0.1) is 0 Å².